The van der Waals surface area contributed by atoms with Crippen LogP contribution in [-0.2, 0) is 4.74 Å². The highest BCUT2D eigenvalue weighted by atomic mass is 16.6. The summed E-state index contributed by atoms with van der Waals surface area (Å²) >= 11 is 0. The molecule has 0 saturated carbocycles. The van der Waals surface area contributed by atoms with Crippen molar-refractivity contribution in [2.75, 3.05) is 18.1 Å². The minimum absolute atomic E-state index is 0.0213. The van der Waals surface area contributed by atoms with Gasteiger partial charge in [0.2, 0.25) is 0 Å². The average molecular weight is 354 g/mol. The molecule has 0 aliphatic heterocycles. The Morgan fingerprint density at radius 1 is 1.19 bits per heavy atom. The van der Waals surface area contributed by atoms with E-state index in [0.29, 0.717) is 5.69 Å². The normalized spacial score (nSPS) is 10.0. The molecule has 2 rings (SSSR count). The molecule has 0 spiro atoms. The van der Waals surface area contributed by atoms with Gasteiger partial charge in [-0.25, -0.2) is 4.79 Å². The molecule has 7 nitrogen and oxygen atoms in total. The topological polar surface area (TPSA) is 89.8 Å². The molecule has 0 atom stereocenters. The number of hydrogen-bond donors (Lipinski definition) is 0. The average Bonchev–Trinajstić information content (AvgIpc) is 2.66. The molecule has 0 aliphatic rings. The van der Waals surface area contributed by atoms with Gasteiger partial charge in [0.25, 0.3) is 11.6 Å². The number of non-ortho nitro benzene ring substituents is 1. The molecular weight excluding hydrogens is 336 g/mol. The summed E-state index contributed by atoms with van der Waals surface area (Å²) < 4.78 is 4.89. The molecule has 0 unspecified atom stereocenters. The minimum Gasteiger partial charge on any atom is -0.462 e. The number of esters is 1. The first-order valence-corrected chi connectivity index (χ1v) is 7.92. The Labute approximate surface area is 150 Å². The zero-order chi connectivity index (χ0) is 19.1. The number of nitrogens with zero attached hydrogens (tertiary/aromatic N) is 2. The summed E-state index contributed by atoms with van der Waals surface area (Å²) in [5.74, 6) is -1.20. The van der Waals surface area contributed by atoms with Crippen molar-refractivity contribution in [1.29, 1.82) is 0 Å². The monoisotopic (exact) mass is 354 g/mol. The number of rotatable bonds is 7. The molecule has 7 heteroatoms. The number of benzene rings is 2. The van der Waals surface area contributed by atoms with Crippen LogP contribution >= 0.6 is 0 Å². The van der Waals surface area contributed by atoms with Gasteiger partial charge in [-0.2, -0.15) is 0 Å². The van der Waals surface area contributed by atoms with E-state index in [-0.39, 0.29) is 30.0 Å². The fourth-order valence-corrected chi connectivity index (χ4v) is 2.37. The highest BCUT2D eigenvalue weighted by molar-refractivity contribution is 6.08. The molecule has 2 aromatic carbocycles. The summed E-state index contributed by atoms with van der Waals surface area (Å²) in [6.07, 6.45) is 1.55. The van der Waals surface area contributed by atoms with Crippen LogP contribution in [0.1, 0.15) is 27.6 Å². The lowest BCUT2D eigenvalue weighted by molar-refractivity contribution is -0.384. The molecule has 0 fully saturated rings. The minimum atomic E-state index is -0.722. The third-order valence-electron chi connectivity index (χ3n) is 3.51. The van der Waals surface area contributed by atoms with Crippen LogP contribution in [0.3, 0.4) is 0 Å². The van der Waals surface area contributed by atoms with E-state index >= 15 is 0 Å². The van der Waals surface area contributed by atoms with Gasteiger partial charge in [0.1, 0.15) is 0 Å². The van der Waals surface area contributed by atoms with Gasteiger partial charge in [0.05, 0.1) is 17.1 Å². The predicted molar refractivity (Wildman–Crippen MR) is 97.4 cm³/mol. The Bertz CT molecular complexity index is 833. The molecule has 0 N–H and O–H groups in total. The lowest BCUT2D eigenvalue weighted by Gasteiger charge is -2.21. The Morgan fingerprint density at radius 3 is 2.42 bits per heavy atom. The van der Waals surface area contributed by atoms with E-state index in [9.17, 15) is 19.7 Å². The molecule has 0 aromatic heterocycles. The standard InChI is InChI=1S/C19H18N2O5/c1-3-10-20(16-8-6-5-7-9-16)18(22)14-11-15(19(23)26-4-2)13-17(12-14)21(24)25/h3,5-9,11-13H,1,4,10H2,2H3. The van der Waals surface area contributed by atoms with Crippen molar-refractivity contribution in [1.82, 2.24) is 0 Å². The van der Waals surface area contributed by atoms with Crippen molar-refractivity contribution in [2.45, 2.75) is 6.92 Å². The van der Waals surface area contributed by atoms with Crippen LogP contribution in [0.2, 0.25) is 0 Å². The predicted octanol–water partition coefficient (Wildman–Crippen LogP) is 3.60. The first kappa shape index (κ1) is 18.9. The van der Waals surface area contributed by atoms with Crippen LogP contribution < -0.4 is 4.90 Å². The van der Waals surface area contributed by atoms with E-state index in [2.05, 4.69) is 6.58 Å². The van der Waals surface area contributed by atoms with Gasteiger partial charge in [-0.05, 0) is 25.1 Å². The number of amides is 1. The van der Waals surface area contributed by atoms with Gasteiger partial charge in [0, 0.05) is 29.9 Å². The lowest BCUT2D eigenvalue weighted by Crippen LogP contribution is -2.31. The Balaban J connectivity index is 2.50. The maximum absolute atomic E-state index is 12.9. The van der Waals surface area contributed by atoms with Gasteiger partial charge in [-0.15, -0.1) is 6.58 Å². The van der Waals surface area contributed by atoms with Crippen molar-refractivity contribution >= 4 is 23.3 Å². The van der Waals surface area contributed by atoms with E-state index in [0.717, 1.165) is 12.1 Å². The third kappa shape index (κ3) is 4.32. The van der Waals surface area contributed by atoms with E-state index in [1.807, 2.05) is 6.07 Å². The number of nitro benzene ring substituents is 1. The molecule has 0 radical (unpaired) electrons. The molecule has 2 aromatic rings. The summed E-state index contributed by atoms with van der Waals surface area (Å²) in [7, 11) is 0. The van der Waals surface area contributed by atoms with E-state index in [1.165, 1.54) is 11.0 Å². The molecule has 0 saturated heterocycles. The van der Waals surface area contributed by atoms with E-state index < -0.39 is 16.8 Å². The quantitative estimate of drug-likeness (QED) is 0.328. The van der Waals surface area contributed by atoms with Crippen molar-refractivity contribution < 1.29 is 19.2 Å². The Kier molecular flexibility index (Phi) is 6.21. The van der Waals surface area contributed by atoms with Crippen LogP contribution in [0, 0.1) is 10.1 Å². The van der Waals surface area contributed by atoms with Gasteiger partial charge in [-0.1, -0.05) is 24.3 Å². The highest BCUT2D eigenvalue weighted by Gasteiger charge is 2.22. The third-order valence-corrected chi connectivity index (χ3v) is 3.51. The fraction of sp³-hybridized carbons (Fsp3) is 0.158. The summed E-state index contributed by atoms with van der Waals surface area (Å²) in [4.78, 5) is 36.9. The molecule has 0 heterocycles. The number of nitro groups is 1. The van der Waals surface area contributed by atoms with E-state index in [4.69, 9.17) is 4.74 Å². The fourth-order valence-electron chi connectivity index (χ4n) is 2.37. The lowest BCUT2D eigenvalue weighted by atomic mass is 10.1. The second kappa shape index (κ2) is 8.57. The zero-order valence-corrected chi connectivity index (χ0v) is 14.3. The number of hydrogen-bond acceptors (Lipinski definition) is 5. The van der Waals surface area contributed by atoms with Crippen molar-refractivity contribution in [2.24, 2.45) is 0 Å². The number of ether oxygens (including phenoxy) is 1. The summed E-state index contributed by atoms with van der Waals surface area (Å²) in [5.41, 5.74) is 0.232. The highest BCUT2D eigenvalue weighted by Crippen LogP contribution is 2.22. The van der Waals surface area contributed by atoms with Crippen LogP contribution in [0.25, 0.3) is 0 Å². The van der Waals surface area contributed by atoms with Gasteiger partial charge in [0.15, 0.2) is 0 Å². The van der Waals surface area contributed by atoms with Crippen molar-refractivity contribution in [3.8, 4) is 0 Å². The molecule has 0 bridgehead atoms. The Hall–Kier alpha value is -3.48. The van der Waals surface area contributed by atoms with Crippen molar-refractivity contribution in [3.63, 3.8) is 0 Å². The maximum atomic E-state index is 12.9. The van der Waals surface area contributed by atoms with E-state index in [1.54, 1.807) is 37.3 Å². The first-order valence-electron chi connectivity index (χ1n) is 7.92. The zero-order valence-electron chi connectivity index (χ0n) is 14.3. The Morgan fingerprint density at radius 2 is 1.85 bits per heavy atom. The SMILES string of the molecule is C=CCN(C(=O)c1cc(C(=O)OCC)cc([N+](=O)[O-])c1)c1ccccc1. The van der Waals surface area contributed by atoms with Gasteiger partial charge in [-0.3, -0.25) is 14.9 Å². The van der Waals surface area contributed by atoms with Crippen LogP contribution in [0.15, 0.2) is 61.2 Å². The smallest absolute Gasteiger partial charge is 0.338 e. The number of anilines is 1. The number of carbonyl (C=O) groups excluding carboxylic acids is 2. The summed E-state index contributed by atoms with van der Waals surface area (Å²) in [5, 5.41) is 11.2. The molecule has 1 amide bonds. The number of carbonyl (C=O) groups is 2. The maximum Gasteiger partial charge on any atom is 0.338 e. The molecule has 134 valence electrons. The molecular formula is C19H18N2O5. The second-order valence-electron chi connectivity index (χ2n) is 5.29. The molecule has 26 heavy (non-hydrogen) atoms. The number of para-hydroxylation sites is 1. The summed E-state index contributed by atoms with van der Waals surface area (Å²) in [6.45, 7) is 5.60. The van der Waals surface area contributed by atoms with Gasteiger partial charge < -0.3 is 9.64 Å². The van der Waals surface area contributed by atoms with Crippen LogP contribution in [-0.4, -0.2) is 30.0 Å². The van der Waals surface area contributed by atoms with Gasteiger partial charge >= 0.3 is 5.97 Å². The van der Waals surface area contributed by atoms with Crippen LogP contribution in [0.5, 0.6) is 0 Å². The first-order chi connectivity index (χ1) is 12.5. The second-order valence-corrected chi connectivity index (χ2v) is 5.29. The largest absolute Gasteiger partial charge is 0.462 e. The summed E-state index contributed by atoms with van der Waals surface area (Å²) in [6, 6.07) is 12.4. The van der Waals surface area contributed by atoms with Crippen molar-refractivity contribution in [3.05, 3.63) is 82.4 Å². The molecule has 0 aliphatic carbocycles. The van der Waals surface area contributed by atoms with Crippen LogP contribution in [0.4, 0.5) is 11.4 Å².